The summed E-state index contributed by atoms with van der Waals surface area (Å²) in [4.78, 5) is 11.3. The lowest BCUT2D eigenvalue weighted by Crippen LogP contribution is -2.20. The zero-order valence-corrected chi connectivity index (χ0v) is 9.91. The SMILES string of the molecule is O=C(O)[C@H](CNc1ccccc1)c1ccccc1. The topological polar surface area (TPSA) is 49.3 Å². The minimum Gasteiger partial charge on any atom is -0.481 e. The molecule has 0 spiro atoms. The smallest absolute Gasteiger partial charge is 0.312 e. The van der Waals surface area contributed by atoms with E-state index >= 15 is 0 Å². The van der Waals surface area contributed by atoms with Crippen molar-refractivity contribution in [1.29, 1.82) is 0 Å². The first-order valence-corrected chi connectivity index (χ1v) is 5.84. The molecule has 0 saturated carbocycles. The average Bonchev–Trinajstić information content (AvgIpc) is 2.41. The Bertz CT molecular complexity index is 496. The number of rotatable bonds is 5. The molecular weight excluding hydrogens is 226 g/mol. The van der Waals surface area contributed by atoms with Crippen LogP contribution in [-0.2, 0) is 4.79 Å². The van der Waals surface area contributed by atoms with E-state index in [9.17, 15) is 9.90 Å². The van der Waals surface area contributed by atoms with Gasteiger partial charge in [-0.1, -0.05) is 48.5 Å². The molecule has 0 heterocycles. The minimum atomic E-state index is -0.815. The Balaban J connectivity index is 2.06. The second-order valence-electron chi connectivity index (χ2n) is 4.05. The number of nitrogens with one attached hydrogen (secondary N) is 1. The van der Waals surface area contributed by atoms with Crippen molar-refractivity contribution in [3.05, 3.63) is 66.2 Å². The molecule has 0 aliphatic carbocycles. The Morgan fingerprint density at radius 2 is 1.56 bits per heavy atom. The molecule has 0 radical (unpaired) electrons. The van der Waals surface area contributed by atoms with E-state index in [1.54, 1.807) is 0 Å². The summed E-state index contributed by atoms with van der Waals surface area (Å²) in [6, 6.07) is 18.9. The van der Waals surface area contributed by atoms with Gasteiger partial charge in [-0.15, -0.1) is 0 Å². The van der Waals surface area contributed by atoms with Crippen molar-refractivity contribution in [3.8, 4) is 0 Å². The zero-order valence-electron chi connectivity index (χ0n) is 9.91. The fraction of sp³-hybridized carbons (Fsp3) is 0.133. The molecule has 0 fully saturated rings. The molecule has 0 bridgehead atoms. The highest BCUT2D eigenvalue weighted by atomic mass is 16.4. The Kier molecular flexibility index (Phi) is 3.97. The third kappa shape index (κ3) is 3.10. The Hall–Kier alpha value is -2.29. The lowest BCUT2D eigenvalue weighted by atomic mass is 9.99. The largest absolute Gasteiger partial charge is 0.481 e. The molecule has 2 rings (SSSR count). The second kappa shape index (κ2) is 5.87. The van der Waals surface area contributed by atoms with Crippen molar-refractivity contribution in [2.24, 2.45) is 0 Å². The minimum absolute atomic E-state index is 0.378. The number of carboxylic acids is 1. The van der Waals surface area contributed by atoms with Crippen LogP contribution in [0.15, 0.2) is 60.7 Å². The number of carboxylic acid groups (broad SMARTS) is 1. The fourth-order valence-corrected chi connectivity index (χ4v) is 1.81. The van der Waals surface area contributed by atoms with Crippen molar-refractivity contribution in [2.45, 2.75) is 5.92 Å². The molecule has 3 heteroatoms. The molecular formula is C15H15NO2. The van der Waals surface area contributed by atoms with Crippen LogP contribution in [0.4, 0.5) is 5.69 Å². The summed E-state index contributed by atoms with van der Waals surface area (Å²) in [6.07, 6.45) is 0. The van der Waals surface area contributed by atoms with Crippen molar-refractivity contribution in [3.63, 3.8) is 0 Å². The fourth-order valence-electron chi connectivity index (χ4n) is 1.81. The summed E-state index contributed by atoms with van der Waals surface area (Å²) in [5.41, 5.74) is 1.74. The molecule has 92 valence electrons. The van der Waals surface area contributed by atoms with Crippen molar-refractivity contribution in [2.75, 3.05) is 11.9 Å². The normalized spacial score (nSPS) is 11.8. The van der Waals surface area contributed by atoms with Crippen LogP contribution in [-0.4, -0.2) is 17.6 Å². The average molecular weight is 241 g/mol. The van der Waals surface area contributed by atoms with Crippen LogP contribution < -0.4 is 5.32 Å². The van der Waals surface area contributed by atoms with Gasteiger partial charge in [0, 0.05) is 12.2 Å². The first-order chi connectivity index (χ1) is 8.77. The number of aliphatic carboxylic acids is 1. The summed E-state index contributed by atoms with van der Waals surface area (Å²) < 4.78 is 0. The van der Waals surface area contributed by atoms with Crippen LogP contribution in [0.3, 0.4) is 0 Å². The maximum Gasteiger partial charge on any atom is 0.312 e. The molecule has 0 aromatic heterocycles. The van der Waals surface area contributed by atoms with E-state index in [0.29, 0.717) is 6.54 Å². The molecule has 2 aromatic carbocycles. The maximum absolute atomic E-state index is 11.3. The number of benzene rings is 2. The maximum atomic E-state index is 11.3. The molecule has 2 N–H and O–H groups in total. The Morgan fingerprint density at radius 3 is 2.11 bits per heavy atom. The van der Waals surface area contributed by atoms with Crippen molar-refractivity contribution in [1.82, 2.24) is 0 Å². The zero-order chi connectivity index (χ0) is 12.8. The van der Waals surface area contributed by atoms with E-state index in [0.717, 1.165) is 11.3 Å². The third-order valence-electron chi connectivity index (χ3n) is 2.78. The monoisotopic (exact) mass is 241 g/mol. The molecule has 18 heavy (non-hydrogen) atoms. The third-order valence-corrected chi connectivity index (χ3v) is 2.78. The lowest BCUT2D eigenvalue weighted by molar-refractivity contribution is -0.138. The number of anilines is 1. The second-order valence-corrected chi connectivity index (χ2v) is 4.05. The van der Waals surface area contributed by atoms with Crippen molar-refractivity contribution >= 4 is 11.7 Å². The van der Waals surface area contributed by atoms with E-state index in [1.165, 1.54) is 0 Å². The highest BCUT2D eigenvalue weighted by molar-refractivity contribution is 5.77. The van der Waals surface area contributed by atoms with Crippen LogP contribution >= 0.6 is 0 Å². The van der Waals surface area contributed by atoms with Crippen LogP contribution in [0.5, 0.6) is 0 Å². The highest BCUT2D eigenvalue weighted by Crippen LogP contribution is 2.17. The van der Waals surface area contributed by atoms with Gasteiger partial charge in [0.15, 0.2) is 0 Å². The lowest BCUT2D eigenvalue weighted by Gasteiger charge is -2.14. The Labute approximate surface area is 106 Å². The molecule has 0 saturated heterocycles. The summed E-state index contributed by atoms with van der Waals surface area (Å²) in [5.74, 6) is -1.35. The van der Waals surface area contributed by atoms with Gasteiger partial charge in [-0.05, 0) is 17.7 Å². The molecule has 0 amide bonds. The van der Waals surface area contributed by atoms with Gasteiger partial charge in [0.2, 0.25) is 0 Å². The molecule has 0 unspecified atom stereocenters. The predicted molar refractivity (Wildman–Crippen MR) is 71.8 cm³/mol. The van der Waals surface area contributed by atoms with Gasteiger partial charge >= 0.3 is 5.97 Å². The Morgan fingerprint density at radius 1 is 1.00 bits per heavy atom. The summed E-state index contributed by atoms with van der Waals surface area (Å²) in [5, 5.41) is 12.4. The van der Waals surface area contributed by atoms with E-state index < -0.39 is 11.9 Å². The first kappa shape index (κ1) is 12.2. The van der Waals surface area contributed by atoms with Crippen LogP contribution in [0.1, 0.15) is 11.5 Å². The van der Waals surface area contributed by atoms with E-state index in [-0.39, 0.29) is 0 Å². The summed E-state index contributed by atoms with van der Waals surface area (Å²) >= 11 is 0. The van der Waals surface area contributed by atoms with Gasteiger partial charge in [-0.25, -0.2) is 0 Å². The molecule has 1 atom stereocenters. The molecule has 0 aliphatic heterocycles. The molecule has 3 nitrogen and oxygen atoms in total. The molecule has 2 aromatic rings. The van der Waals surface area contributed by atoms with Crippen molar-refractivity contribution < 1.29 is 9.90 Å². The van der Waals surface area contributed by atoms with E-state index in [1.807, 2.05) is 60.7 Å². The number of carbonyl (C=O) groups is 1. The number of hydrogen-bond acceptors (Lipinski definition) is 2. The van der Waals surface area contributed by atoms with Crippen LogP contribution in [0, 0.1) is 0 Å². The predicted octanol–water partition coefficient (Wildman–Crippen LogP) is 2.97. The highest BCUT2D eigenvalue weighted by Gasteiger charge is 2.18. The summed E-state index contributed by atoms with van der Waals surface area (Å²) in [7, 11) is 0. The number of hydrogen-bond donors (Lipinski definition) is 2. The van der Waals surface area contributed by atoms with E-state index in [2.05, 4.69) is 5.32 Å². The standard InChI is InChI=1S/C15H15NO2/c17-15(18)14(12-7-3-1-4-8-12)11-16-13-9-5-2-6-10-13/h1-10,14,16H,11H2,(H,17,18)/t14-/m1/s1. The molecule has 0 aliphatic rings. The van der Waals surface area contributed by atoms with Gasteiger partial charge < -0.3 is 10.4 Å². The van der Waals surface area contributed by atoms with Gasteiger partial charge in [0.05, 0.1) is 5.92 Å². The van der Waals surface area contributed by atoms with E-state index in [4.69, 9.17) is 0 Å². The van der Waals surface area contributed by atoms with Gasteiger partial charge in [0.25, 0.3) is 0 Å². The van der Waals surface area contributed by atoms with Gasteiger partial charge in [0.1, 0.15) is 0 Å². The summed E-state index contributed by atoms with van der Waals surface area (Å²) in [6.45, 7) is 0.378. The number of para-hydroxylation sites is 1. The van der Waals surface area contributed by atoms with Gasteiger partial charge in [-0.3, -0.25) is 4.79 Å². The van der Waals surface area contributed by atoms with Crippen LogP contribution in [0.2, 0.25) is 0 Å². The van der Waals surface area contributed by atoms with Gasteiger partial charge in [-0.2, -0.15) is 0 Å². The van der Waals surface area contributed by atoms with Crippen LogP contribution in [0.25, 0.3) is 0 Å². The quantitative estimate of drug-likeness (QED) is 0.846. The first-order valence-electron chi connectivity index (χ1n) is 5.84.